The van der Waals surface area contributed by atoms with Crippen LogP contribution in [0.15, 0.2) is 12.7 Å². The molecule has 9 heteroatoms. The Balaban J connectivity index is 0.00000242. The molecule has 1 unspecified atom stereocenters. The van der Waals surface area contributed by atoms with Gasteiger partial charge < -0.3 is 10.2 Å². The normalized spacial score (nSPS) is 21.1. The Morgan fingerprint density at radius 3 is 2.55 bits per heavy atom. The zero-order valence-corrected chi connectivity index (χ0v) is 13.1. The van der Waals surface area contributed by atoms with Crippen LogP contribution in [0, 0.1) is 0 Å². The smallest absolute Gasteiger partial charge is 0.335 e. The summed E-state index contributed by atoms with van der Waals surface area (Å²) in [5.74, 6) is -2.25. The average molecular weight is 331 g/mol. The van der Waals surface area contributed by atoms with E-state index in [1.807, 2.05) is 0 Å². The number of urea groups is 1. The summed E-state index contributed by atoms with van der Waals surface area (Å²) < 4.78 is 0. The minimum absolute atomic E-state index is 0. The van der Waals surface area contributed by atoms with Crippen molar-refractivity contribution in [1.82, 2.24) is 20.0 Å². The molecule has 0 aliphatic carbocycles. The Bertz CT molecular complexity index is 504. The summed E-state index contributed by atoms with van der Waals surface area (Å²) in [6.45, 7) is 4.48. The fourth-order valence-electron chi connectivity index (χ4n) is 2.40. The molecule has 2 aliphatic heterocycles. The number of halogens is 1. The highest BCUT2D eigenvalue weighted by molar-refractivity contribution is 6.45. The Morgan fingerprint density at radius 1 is 1.36 bits per heavy atom. The maximum Gasteiger partial charge on any atom is 0.335 e. The molecule has 1 atom stereocenters. The summed E-state index contributed by atoms with van der Waals surface area (Å²) in [6, 6.07) is -0.721. The van der Waals surface area contributed by atoms with Gasteiger partial charge in [0.05, 0.1) is 0 Å². The number of hydrogen-bond donors (Lipinski definition) is 1. The Hall–Kier alpha value is -1.93. The quantitative estimate of drug-likeness (QED) is 0.405. The topological polar surface area (TPSA) is 90.0 Å². The lowest BCUT2D eigenvalue weighted by molar-refractivity contribution is -0.144. The molecule has 2 fully saturated rings. The fraction of sp³-hybridized carbons (Fsp3) is 0.538. The molecule has 2 heterocycles. The zero-order valence-electron chi connectivity index (χ0n) is 12.3. The first-order valence-corrected chi connectivity index (χ1v) is 6.72. The van der Waals surface area contributed by atoms with E-state index in [4.69, 9.17) is 0 Å². The van der Waals surface area contributed by atoms with E-state index in [1.54, 1.807) is 7.05 Å². The van der Waals surface area contributed by atoms with E-state index >= 15 is 0 Å². The molecular formula is C13H19ClN4O4. The lowest BCUT2D eigenvalue weighted by atomic mass is 10.2. The summed E-state index contributed by atoms with van der Waals surface area (Å²) in [7, 11) is 1.63. The number of hydrogen-bond acceptors (Lipinski definition) is 5. The summed E-state index contributed by atoms with van der Waals surface area (Å²) in [4.78, 5) is 50.5. The molecule has 1 N–H and O–H groups in total. The minimum Gasteiger partial charge on any atom is -0.340 e. The second-order valence-electron chi connectivity index (χ2n) is 5.03. The molecule has 22 heavy (non-hydrogen) atoms. The minimum atomic E-state index is -0.965. The summed E-state index contributed by atoms with van der Waals surface area (Å²) >= 11 is 0. The lowest BCUT2D eigenvalue weighted by Crippen LogP contribution is -2.46. The molecule has 8 nitrogen and oxygen atoms in total. The Labute approximate surface area is 134 Å². The third-order valence-electron chi connectivity index (χ3n) is 3.72. The van der Waals surface area contributed by atoms with Gasteiger partial charge in [0.2, 0.25) is 5.91 Å². The van der Waals surface area contributed by atoms with Gasteiger partial charge in [-0.3, -0.25) is 19.3 Å². The standard InChI is InChI=1S/C13H18N4O4.ClH/c1-3-6-16-11(19)12(20)17(13(16)21)8-10(18)15(2)9-4-5-14-7-9;/h3,9,14H,1,4-8H2,2H3;1H. The molecule has 2 saturated heterocycles. The van der Waals surface area contributed by atoms with Crippen LogP contribution < -0.4 is 5.32 Å². The van der Waals surface area contributed by atoms with Gasteiger partial charge in [-0.05, 0) is 13.0 Å². The predicted molar refractivity (Wildman–Crippen MR) is 80.3 cm³/mol. The van der Waals surface area contributed by atoms with Gasteiger partial charge in [0.15, 0.2) is 0 Å². The lowest BCUT2D eigenvalue weighted by Gasteiger charge is -2.25. The van der Waals surface area contributed by atoms with Crippen molar-refractivity contribution >= 4 is 36.2 Å². The number of carbonyl (C=O) groups is 4. The summed E-state index contributed by atoms with van der Waals surface area (Å²) in [5, 5.41) is 3.14. The number of likely N-dealkylation sites (N-methyl/N-ethyl adjacent to an activating group) is 1. The summed E-state index contributed by atoms with van der Waals surface area (Å²) in [5.41, 5.74) is 0. The molecule has 0 aromatic rings. The van der Waals surface area contributed by atoms with E-state index < -0.39 is 24.4 Å². The van der Waals surface area contributed by atoms with Crippen LogP contribution in [0.2, 0.25) is 0 Å². The maximum absolute atomic E-state index is 12.2. The molecule has 0 saturated carbocycles. The van der Waals surface area contributed by atoms with Gasteiger partial charge in [-0.15, -0.1) is 19.0 Å². The molecule has 0 aromatic heterocycles. The molecule has 122 valence electrons. The first-order valence-electron chi connectivity index (χ1n) is 6.72. The van der Waals surface area contributed by atoms with Crippen LogP contribution in [0.25, 0.3) is 0 Å². The van der Waals surface area contributed by atoms with Crippen LogP contribution in [0.3, 0.4) is 0 Å². The molecule has 0 spiro atoms. The monoisotopic (exact) mass is 330 g/mol. The third kappa shape index (κ3) is 3.28. The van der Waals surface area contributed by atoms with Gasteiger partial charge in [-0.2, -0.15) is 0 Å². The van der Waals surface area contributed by atoms with Crippen molar-refractivity contribution in [3.8, 4) is 0 Å². The molecule has 2 aliphatic rings. The van der Waals surface area contributed by atoms with Crippen LogP contribution >= 0.6 is 12.4 Å². The van der Waals surface area contributed by atoms with Crippen LogP contribution in [0.5, 0.6) is 0 Å². The van der Waals surface area contributed by atoms with Crippen LogP contribution in [-0.2, 0) is 14.4 Å². The zero-order chi connectivity index (χ0) is 15.6. The van der Waals surface area contributed by atoms with Gasteiger partial charge in [0.1, 0.15) is 6.54 Å². The molecule has 0 radical (unpaired) electrons. The number of nitrogens with one attached hydrogen (secondary N) is 1. The van der Waals surface area contributed by atoms with E-state index in [-0.39, 0.29) is 30.9 Å². The van der Waals surface area contributed by atoms with E-state index in [0.717, 1.165) is 17.9 Å². The van der Waals surface area contributed by atoms with E-state index in [0.29, 0.717) is 11.4 Å². The van der Waals surface area contributed by atoms with Crippen LogP contribution in [-0.4, -0.2) is 77.7 Å². The largest absolute Gasteiger partial charge is 0.340 e. The number of rotatable bonds is 5. The van der Waals surface area contributed by atoms with Gasteiger partial charge in [0, 0.05) is 26.2 Å². The van der Waals surface area contributed by atoms with Crippen molar-refractivity contribution < 1.29 is 19.2 Å². The molecule has 0 bridgehead atoms. The molecule has 2 rings (SSSR count). The van der Waals surface area contributed by atoms with Crippen molar-refractivity contribution in [2.75, 3.05) is 33.2 Å². The number of carbonyl (C=O) groups excluding carboxylic acids is 4. The van der Waals surface area contributed by atoms with E-state index in [9.17, 15) is 19.2 Å². The van der Waals surface area contributed by atoms with Crippen LogP contribution in [0.4, 0.5) is 4.79 Å². The van der Waals surface area contributed by atoms with Gasteiger partial charge >= 0.3 is 17.8 Å². The second kappa shape index (κ2) is 7.37. The first-order chi connectivity index (χ1) is 9.97. The fourth-order valence-corrected chi connectivity index (χ4v) is 2.40. The number of amides is 5. The Kier molecular flexibility index (Phi) is 6.07. The number of imide groups is 2. The van der Waals surface area contributed by atoms with E-state index in [2.05, 4.69) is 11.9 Å². The highest BCUT2D eigenvalue weighted by Crippen LogP contribution is 2.13. The van der Waals surface area contributed by atoms with Gasteiger partial charge in [-0.1, -0.05) is 6.08 Å². The molecular weight excluding hydrogens is 312 g/mol. The van der Waals surface area contributed by atoms with Crippen molar-refractivity contribution in [1.29, 1.82) is 0 Å². The maximum atomic E-state index is 12.2. The predicted octanol–water partition coefficient (Wildman–Crippen LogP) is -0.795. The highest BCUT2D eigenvalue weighted by Gasteiger charge is 2.45. The molecule has 0 aromatic carbocycles. The SMILES string of the molecule is C=CCN1C(=O)C(=O)N(CC(=O)N(C)C2CCNC2)C1=O.Cl. The third-order valence-corrected chi connectivity index (χ3v) is 3.72. The number of nitrogens with zero attached hydrogens (tertiary/aromatic N) is 3. The van der Waals surface area contributed by atoms with Crippen molar-refractivity contribution in [3.05, 3.63) is 12.7 Å². The van der Waals surface area contributed by atoms with Crippen molar-refractivity contribution in [2.24, 2.45) is 0 Å². The average Bonchev–Trinajstić information content (AvgIpc) is 3.06. The van der Waals surface area contributed by atoms with Gasteiger partial charge in [-0.25, -0.2) is 9.69 Å². The first kappa shape index (κ1) is 18.1. The second-order valence-corrected chi connectivity index (χ2v) is 5.03. The molecule has 5 amide bonds. The summed E-state index contributed by atoms with van der Waals surface area (Å²) in [6.07, 6.45) is 2.18. The Morgan fingerprint density at radius 2 is 2.00 bits per heavy atom. The van der Waals surface area contributed by atoms with Crippen LogP contribution in [0.1, 0.15) is 6.42 Å². The van der Waals surface area contributed by atoms with Crippen molar-refractivity contribution in [3.63, 3.8) is 0 Å². The van der Waals surface area contributed by atoms with Crippen molar-refractivity contribution in [2.45, 2.75) is 12.5 Å². The van der Waals surface area contributed by atoms with E-state index in [1.165, 1.54) is 11.0 Å². The van der Waals surface area contributed by atoms with Gasteiger partial charge in [0.25, 0.3) is 0 Å². The highest BCUT2D eigenvalue weighted by atomic mass is 35.5.